The van der Waals surface area contributed by atoms with Crippen LogP contribution in [0, 0.1) is 5.82 Å². The fourth-order valence-corrected chi connectivity index (χ4v) is 5.03. The molecule has 5 nitrogen and oxygen atoms in total. The molecule has 0 atom stereocenters. The van der Waals surface area contributed by atoms with Gasteiger partial charge in [-0.25, -0.2) is 9.29 Å². The second-order valence-corrected chi connectivity index (χ2v) is 7.53. The molecule has 3 amide bonds. The Bertz CT molecular complexity index is 855. The van der Waals surface area contributed by atoms with Gasteiger partial charge in [-0.1, -0.05) is 11.6 Å². The number of nitrogens with zero attached hydrogens (tertiary/aromatic N) is 2. The molecule has 1 aromatic carbocycles. The summed E-state index contributed by atoms with van der Waals surface area (Å²) < 4.78 is 16.1. The van der Waals surface area contributed by atoms with Crippen LogP contribution >= 0.6 is 23.5 Å². The van der Waals surface area contributed by atoms with Gasteiger partial charge in [0.2, 0.25) is 5.91 Å². The highest BCUT2D eigenvalue weighted by Gasteiger charge is 2.43. The van der Waals surface area contributed by atoms with Crippen LogP contribution in [-0.2, 0) is 20.1 Å². The molecule has 0 radical (unpaired) electrons. The summed E-state index contributed by atoms with van der Waals surface area (Å²) in [4.78, 5) is 38.3. The van der Waals surface area contributed by atoms with E-state index >= 15 is 0 Å². The van der Waals surface area contributed by atoms with Gasteiger partial charge in [0, 0.05) is 29.4 Å². The summed E-state index contributed by atoms with van der Waals surface area (Å²) in [6.45, 7) is 1.38. The van der Waals surface area contributed by atoms with Crippen molar-refractivity contribution >= 4 is 52.6 Å². The number of rotatable bonds is 1. The Labute approximate surface area is 152 Å². The summed E-state index contributed by atoms with van der Waals surface area (Å²) >= 11 is 7.31. The number of amides is 3. The third-order valence-electron chi connectivity index (χ3n) is 4.72. The fraction of sp³-hybridized carbons (Fsp3) is 0.353. The zero-order valence-electron chi connectivity index (χ0n) is 13.4. The van der Waals surface area contributed by atoms with Crippen LogP contribution in [-0.4, -0.2) is 17.7 Å². The maximum Gasteiger partial charge on any atom is 0.261 e. The van der Waals surface area contributed by atoms with Gasteiger partial charge in [-0.3, -0.25) is 18.7 Å². The van der Waals surface area contributed by atoms with E-state index in [-0.39, 0.29) is 22.4 Å². The lowest BCUT2D eigenvalue weighted by Crippen LogP contribution is -2.33. The molecular formula is C17H14ClFN2O3S. The number of carbonyl (C=O) groups excluding carboxylic acids is 3. The monoisotopic (exact) mass is 380 g/mol. The van der Waals surface area contributed by atoms with E-state index in [0.29, 0.717) is 35.2 Å². The van der Waals surface area contributed by atoms with Crippen LogP contribution in [0.25, 0.3) is 0 Å². The Hall–Kier alpha value is -1.86. The Morgan fingerprint density at radius 1 is 1.16 bits per heavy atom. The molecule has 4 rings (SSSR count). The van der Waals surface area contributed by atoms with Gasteiger partial charge < -0.3 is 0 Å². The lowest BCUT2D eigenvalue weighted by atomic mass is 9.93. The molecule has 2 aliphatic heterocycles. The van der Waals surface area contributed by atoms with E-state index in [0.717, 1.165) is 23.8 Å². The SMILES string of the molecule is CC(=O)N1SCc2c1c(Cl)cc(F)c2N1C(=O)C2=C(CCCC2)C1=O. The molecule has 3 aliphatic rings. The Morgan fingerprint density at radius 2 is 1.76 bits per heavy atom. The average Bonchev–Trinajstić information content (AvgIpc) is 3.11. The third-order valence-corrected chi connectivity index (χ3v) is 6.12. The summed E-state index contributed by atoms with van der Waals surface area (Å²) in [5, 5.41) is 0.0910. The quantitative estimate of drug-likeness (QED) is 0.550. The van der Waals surface area contributed by atoms with E-state index in [2.05, 4.69) is 0 Å². The van der Waals surface area contributed by atoms with Crippen molar-refractivity contribution < 1.29 is 18.8 Å². The van der Waals surface area contributed by atoms with Crippen molar-refractivity contribution in [2.45, 2.75) is 38.4 Å². The van der Waals surface area contributed by atoms with Gasteiger partial charge in [0.15, 0.2) is 0 Å². The smallest absolute Gasteiger partial charge is 0.261 e. The van der Waals surface area contributed by atoms with E-state index in [9.17, 15) is 18.8 Å². The number of fused-ring (bicyclic) bond motifs is 1. The number of carbonyl (C=O) groups is 3. The Morgan fingerprint density at radius 3 is 2.32 bits per heavy atom. The van der Waals surface area contributed by atoms with Crippen molar-refractivity contribution in [1.29, 1.82) is 0 Å². The van der Waals surface area contributed by atoms with Gasteiger partial charge in [0.1, 0.15) is 5.82 Å². The number of benzene rings is 1. The standard InChI is InChI=1S/C17H14ClFN2O3S/c1-8(22)21-14-11(7-25-21)15(13(19)6-12(14)18)20-16(23)9-4-2-3-5-10(9)17(20)24/h6H,2-5,7H2,1H3. The van der Waals surface area contributed by atoms with E-state index in [4.69, 9.17) is 11.6 Å². The fourth-order valence-electron chi connectivity index (χ4n) is 3.63. The van der Waals surface area contributed by atoms with Gasteiger partial charge in [0.05, 0.1) is 16.4 Å². The number of hydrogen-bond acceptors (Lipinski definition) is 4. The molecule has 0 bridgehead atoms. The molecule has 0 saturated carbocycles. The molecule has 0 fully saturated rings. The highest BCUT2D eigenvalue weighted by molar-refractivity contribution is 8.01. The second-order valence-electron chi connectivity index (χ2n) is 6.21. The van der Waals surface area contributed by atoms with Crippen LogP contribution in [0.15, 0.2) is 17.2 Å². The van der Waals surface area contributed by atoms with Crippen molar-refractivity contribution in [3.8, 4) is 0 Å². The zero-order valence-corrected chi connectivity index (χ0v) is 15.0. The van der Waals surface area contributed by atoms with Crippen molar-refractivity contribution in [2.24, 2.45) is 0 Å². The minimum Gasteiger partial charge on any atom is -0.274 e. The molecule has 0 saturated heterocycles. The van der Waals surface area contributed by atoms with E-state index in [1.807, 2.05) is 0 Å². The molecular weight excluding hydrogens is 367 g/mol. The Balaban J connectivity index is 1.87. The van der Waals surface area contributed by atoms with Gasteiger partial charge in [0.25, 0.3) is 11.8 Å². The molecule has 2 heterocycles. The second kappa shape index (κ2) is 5.85. The third kappa shape index (κ3) is 2.33. The van der Waals surface area contributed by atoms with Gasteiger partial charge in [-0.05, 0) is 43.7 Å². The molecule has 8 heteroatoms. The number of hydrogen-bond donors (Lipinski definition) is 0. The van der Waals surface area contributed by atoms with Crippen LogP contribution in [0.4, 0.5) is 15.8 Å². The average molecular weight is 381 g/mol. The molecule has 25 heavy (non-hydrogen) atoms. The minimum absolute atomic E-state index is 0.0694. The minimum atomic E-state index is -0.726. The molecule has 1 aromatic rings. The number of imide groups is 1. The number of anilines is 2. The molecule has 0 spiro atoms. The summed E-state index contributed by atoms with van der Waals surface area (Å²) in [6, 6.07) is 1.06. The summed E-state index contributed by atoms with van der Waals surface area (Å²) in [5.74, 6) is -1.61. The van der Waals surface area contributed by atoms with Crippen molar-refractivity contribution in [2.75, 3.05) is 9.21 Å². The van der Waals surface area contributed by atoms with E-state index in [1.54, 1.807) is 0 Å². The first-order chi connectivity index (χ1) is 11.9. The van der Waals surface area contributed by atoms with E-state index < -0.39 is 17.6 Å². The molecule has 130 valence electrons. The van der Waals surface area contributed by atoms with Crippen LogP contribution in [0.2, 0.25) is 5.02 Å². The normalized spacial score (nSPS) is 19.6. The number of halogens is 2. The highest BCUT2D eigenvalue weighted by Crippen LogP contribution is 2.50. The van der Waals surface area contributed by atoms with Crippen molar-refractivity contribution in [3.63, 3.8) is 0 Å². The van der Waals surface area contributed by atoms with Crippen molar-refractivity contribution in [1.82, 2.24) is 0 Å². The molecule has 0 unspecified atom stereocenters. The molecule has 0 aromatic heterocycles. The van der Waals surface area contributed by atoms with E-state index in [1.165, 1.54) is 23.2 Å². The van der Waals surface area contributed by atoms with Gasteiger partial charge in [-0.15, -0.1) is 0 Å². The predicted octanol–water partition coefficient (Wildman–Crippen LogP) is 3.74. The first kappa shape index (κ1) is 16.6. The first-order valence-corrected chi connectivity index (χ1v) is 9.29. The summed E-state index contributed by atoms with van der Waals surface area (Å²) in [6.07, 6.45) is 2.78. The largest absolute Gasteiger partial charge is 0.274 e. The maximum atomic E-state index is 14.7. The zero-order chi connectivity index (χ0) is 17.9. The Kier molecular flexibility index (Phi) is 3.88. The predicted molar refractivity (Wildman–Crippen MR) is 93.9 cm³/mol. The van der Waals surface area contributed by atoms with Gasteiger partial charge >= 0.3 is 0 Å². The lowest BCUT2D eigenvalue weighted by molar-refractivity contribution is -0.121. The van der Waals surface area contributed by atoms with Crippen LogP contribution < -0.4 is 9.21 Å². The summed E-state index contributed by atoms with van der Waals surface area (Å²) in [7, 11) is 0. The molecule has 1 aliphatic carbocycles. The van der Waals surface area contributed by atoms with Crippen LogP contribution in [0.5, 0.6) is 0 Å². The summed E-state index contributed by atoms with van der Waals surface area (Å²) in [5.41, 5.74) is 1.69. The highest BCUT2D eigenvalue weighted by atomic mass is 35.5. The van der Waals surface area contributed by atoms with Crippen LogP contribution in [0.1, 0.15) is 38.2 Å². The first-order valence-electron chi connectivity index (χ1n) is 7.97. The van der Waals surface area contributed by atoms with Gasteiger partial charge in [-0.2, -0.15) is 0 Å². The van der Waals surface area contributed by atoms with Crippen molar-refractivity contribution in [3.05, 3.63) is 33.6 Å². The molecule has 0 N–H and O–H groups in total. The van der Waals surface area contributed by atoms with Crippen LogP contribution in [0.3, 0.4) is 0 Å². The topological polar surface area (TPSA) is 57.7 Å². The lowest BCUT2D eigenvalue weighted by Gasteiger charge is -2.21. The maximum absolute atomic E-state index is 14.7.